The van der Waals surface area contributed by atoms with Gasteiger partial charge in [-0.15, -0.1) is 0 Å². The first-order chi connectivity index (χ1) is 5.74. The van der Waals surface area contributed by atoms with Gasteiger partial charge in [-0.25, -0.2) is 4.79 Å². The van der Waals surface area contributed by atoms with Gasteiger partial charge in [-0.2, -0.15) is 0 Å². The minimum absolute atomic E-state index is 0.162. The van der Waals surface area contributed by atoms with E-state index >= 15 is 0 Å². The van der Waals surface area contributed by atoms with E-state index in [0.717, 1.165) is 19.4 Å². The minimum atomic E-state index is -0.366. The van der Waals surface area contributed by atoms with E-state index in [0.29, 0.717) is 0 Å². The Labute approximate surface area is 73.8 Å². The summed E-state index contributed by atoms with van der Waals surface area (Å²) < 4.78 is 5.01. The van der Waals surface area contributed by atoms with Crippen LogP contribution >= 0.6 is 0 Å². The first kappa shape index (κ1) is 11.2. The maximum Gasteiger partial charge on any atom is 0.331 e. The zero-order valence-corrected chi connectivity index (χ0v) is 7.80. The summed E-state index contributed by atoms with van der Waals surface area (Å²) in [4.78, 5) is 10.8. The highest BCUT2D eigenvalue weighted by Crippen LogP contribution is 1.98. The lowest BCUT2D eigenvalue weighted by atomic mass is 10.3. The van der Waals surface area contributed by atoms with Gasteiger partial charge in [0.2, 0.25) is 0 Å². The second-order valence-corrected chi connectivity index (χ2v) is 2.48. The molecule has 0 aromatic heterocycles. The average molecular weight is 171 g/mol. The molecule has 0 saturated carbocycles. The Balaban J connectivity index is 3.76. The summed E-state index contributed by atoms with van der Waals surface area (Å²) in [6, 6.07) is 0. The SMILES string of the molecule is C=CC(=O)OC(CCC)NCC. The molecule has 0 rings (SSSR count). The molecule has 0 radical (unpaired) electrons. The summed E-state index contributed by atoms with van der Waals surface area (Å²) >= 11 is 0. The van der Waals surface area contributed by atoms with Crippen LogP contribution in [-0.4, -0.2) is 18.7 Å². The van der Waals surface area contributed by atoms with Crippen molar-refractivity contribution >= 4 is 5.97 Å². The third-order valence-corrected chi connectivity index (χ3v) is 1.41. The molecule has 0 spiro atoms. The molecule has 0 aromatic carbocycles. The van der Waals surface area contributed by atoms with Gasteiger partial charge in [-0.1, -0.05) is 26.8 Å². The predicted molar refractivity (Wildman–Crippen MR) is 48.7 cm³/mol. The van der Waals surface area contributed by atoms with Crippen LogP contribution < -0.4 is 5.32 Å². The Bertz CT molecular complexity index is 139. The second kappa shape index (κ2) is 6.85. The molecule has 0 aliphatic carbocycles. The summed E-state index contributed by atoms with van der Waals surface area (Å²) in [5.74, 6) is -0.366. The standard InChI is InChI=1S/C9H17NO2/c1-4-7-8(10-6-3)12-9(11)5-2/h5,8,10H,2,4,6-7H2,1,3H3. The lowest BCUT2D eigenvalue weighted by Crippen LogP contribution is -2.33. The Morgan fingerprint density at radius 1 is 1.67 bits per heavy atom. The van der Waals surface area contributed by atoms with Gasteiger partial charge in [-0.3, -0.25) is 5.32 Å². The molecule has 0 saturated heterocycles. The number of esters is 1. The van der Waals surface area contributed by atoms with Crippen LogP contribution in [0, 0.1) is 0 Å². The highest BCUT2D eigenvalue weighted by Gasteiger charge is 2.08. The smallest absolute Gasteiger partial charge is 0.331 e. The molecule has 1 N–H and O–H groups in total. The van der Waals surface area contributed by atoms with Crippen molar-refractivity contribution in [2.24, 2.45) is 0 Å². The van der Waals surface area contributed by atoms with E-state index in [1.54, 1.807) is 0 Å². The molecule has 0 fully saturated rings. The summed E-state index contributed by atoms with van der Waals surface area (Å²) in [6.45, 7) is 8.16. The predicted octanol–water partition coefficient (Wildman–Crippen LogP) is 1.45. The second-order valence-electron chi connectivity index (χ2n) is 2.48. The molecule has 0 bridgehead atoms. The van der Waals surface area contributed by atoms with Crippen molar-refractivity contribution in [1.29, 1.82) is 0 Å². The van der Waals surface area contributed by atoms with E-state index < -0.39 is 0 Å². The zero-order valence-electron chi connectivity index (χ0n) is 7.80. The van der Waals surface area contributed by atoms with Gasteiger partial charge in [0.25, 0.3) is 0 Å². The Morgan fingerprint density at radius 2 is 2.33 bits per heavy atom. The normalized spacial score (nSPS) is 12.2. The first-order valence-corrected chi connectivity index (χ1v) is 4.31. The third-order valence-electron chi connectivity index (χ3n) is 1.41. The molecule has 0 aliphatic rings. The molecule has 3 nitrogen and oxygen atoms in total. The molecule has 0 amide bonds. The van der Waals surface area contributed by atoms with E-state index in [1.807, 2.05) is 13.8 Å². The van der Waals surface area contributed by atoms with Gasteiger partial charge in [0, 0.05) is 6.08 Å². The number of carbonyl (C=O) groups excluding carboxylic acids is 1. The molecular weight excluding hydrogens is 154 g/mol. The number of nitrogens with one attached hydrogen (secondary N) is 1. The number of rotatable bonds is 6. The van der Waals surface area contributed by atoms with Gasteiger partial charge in [0.05, 0.1) is 0 Å². The summed E-state index contributed by atoms with van der Waals surface area (Å²) in [5.41, 5.74) is 0. The van der Waals surface area contributed by atoms with Crippen LogP contribution in [0.2, 0.25) is 0 Å². The number of hydrogen-bond donors (Lipinski definition) is 1. The lowest BCUT2D eigenvalue weighted by Gasteiger charge is -2.16. The molecular formula is C9H17NO2. The van der Waals surface area contributed by atoms with Crippen molar-refractivity contribution in [3.8, 4) is 0 Å². The van der Waals surface area contributed by atoms with Crippen LogP contribution in [-0.2, 0) is 9.53 Å². The van der Waals surface area contributed by atoms with E-state index in [1.165, 1.54) is 6.08 Å². The van der Waals surface area contributed by atoms with Crippen molar-refractivity contribution in [1.82, 2.24) is 5.32 Å². The van der Waals surface area contributed by atoms with Gasteiger partial charge < -0.3 is 4.74 Å². The van der Waals surface area contributed by atoms with Crippen molar-refractivity contribution in [2.75, 3.05) is 6.54 Å². The van der Waals surface area contributed by atoms with Gasteiger partial charge in [-0.05, 0) is 13.0 Å². The van der Waals surface area contributed by atoms with Gasteiger partial charge in [0.1, 0.15) is 0 Å². The highest BCUT2D eigenvalue weighted by atomic mass is 16.6. The van der Waals surface area contributed by atoms with Crippen LogP contribution in [0.4, 0.5) is 0 Å². The van der Waals surface area contributed by atoms with Crippen LogP contribution in [0.1, 0.15) is 26.7 Å². The maximum atomic E-state index is 10.8. The summed E-state index contributed by atoms with van der Waals surface area (Å²) in [5, 5.41) is 3.06. The van der Waals surface area contributed by atoms with Crippen LogP contribution in [0.3, 0.4) is 0 Å². The van der Waals surface area contributed by atoms with E-state index in [-0.39, 0.29) is 12.2 Å². The fraction of sp³-hybridized carbons (Fsp3) is 0.667. The summed E-state index contributed by atoms with van der Waals surface area (Å²) in [7, 11) is 0. The maximum absolute atomic E-state index is 10.8. The molecule has 12 heavy (non-hydrogen) atoms. The molecule has 70 valence electrons. The average Bonchev–Trinajstić information content (AvgIpc) is 2.05. The van der Waals surface area contributed by atoms with Gasteiger partial charge >= 0.3 is 5.97 Å². The lowest BCUT2D eigenvalue weighted by molar-refractivity contribution is -0.144. The molecule has 0 aromatic rings. The molecule has 0 aliphatic heterocycles. The minimum Gasteiger partial charge on any atom is -0.443 e. The molecule has 3 heteroatoms. The van der Waals surface area contributed by atoms with Gasteiger partial charge in [0.15, 0.2) is 6.23 Å². The fourth-order valence-electron chi connectivity index (χ4n) is 0.881. The first-order valence-electron chi connectivity index (χ1n) is 4.31. The third kappa shape index (κ3) is 4.91. The fourth-order valence-corrected chi connectivity index (χ4v) is 0.881. The highest BCUT2D eigenvalue weighted by molar-refractivity contribution is 5.81. The monoisotopic (exact) mass is 171 g/mol. The number of ether oxygens (including phenoxy) is 1. The van der Waals surface area contributed by atoms with Crippen LogP contribution in [0.5, 0.6) is 0 Å². The molecule has 1 atom stereocenters. The Kier molecular flexibility index (Phi) is 6.38. The van der Waals surface area contributed by atoms with Crippen molar-refractivity contribution in [2.45, 2.75) is 32.9 Å². The number of hydrogen-bond acceptors (Lipinski definition) is 3. The Hall–Kier alpha value is -0.830. The quantitative estimate of drug-likeness (QED) is 0.373. The summed E-state index contributed by atoms with van der Waals surface area (Å²) in [6.07, 6.45) is 2.85. The topological polar surface area (TPSA) is 38.3 Å². The largest absolute Gasteiger partial charge is 0.443 e. The van der Waals surface area contributed by atoms with Crippen molar-refractivity contribution < 1.29 is 9.53 Å². The van der Waals surface area contributed by atoms with Crippen LogP contribution in [0.25, 0.3) is 0 Å². The molecule has 1 unspecified atom stereocenters. The molecule has 0 heterocycles. The number of carbonyl (C=O) groups is 1. The zero-order chi connectivity index (χ0) is 9.40. The van der Waals surface area contributed by atoms with Crippen molar-refractivity contribution in [3.05, 3.63) is 12.7 Å². The van der Waals surface area contributed by atoms with Crippen molar-refractivity contribution in [3.63, 3.8) is 0 Å². The van der Waals surface area contributed by atoms with E-state index in [4.69, 9.17) is 4.74 Å². The Morgan fingerprint density at radius 3 is 2.75 bits per heavy atom. The van der Waals surface area contributed by atoms with E-state index in [2.05, 4.69) is 11.9 Å². The van der Waals surface area contributed by atoms with Crippen LogP contribution in [0.15, 0.2) is 12.7 Å². The van der Waals surface area contributed by atoms with E-state index in [9.17, 15) is 4.79 Å².